The zero-order valence-electron chi connectivity index (χ0n) is 12.1. The highest BCUT2D eigenvalue weighted by atomic mass is 16.5. The Balaban J connectivity index is 2.29. The van der Waals surface area contributed by atoms with Gasteiger partial charge in [0.15, 0.2) is 11.5 Å². The highest BCUT2D eigenvalue weighted by molar-refractivity contribution is 5.43. The van der Waals surface area contributed by atoms with Crippen LogP contribution in [-0.2, 0) is 0 Å². The maximum atomic E-state index is 5.92. The second kappa shape index (κ2) is 6.91. The van der Waals surface area contributed by atoms with Crippen molar-refractivity contribution in [1.82, 2.24) is 10.3 Å². The van der Waals surface area contributed by atoms with E-state index in [9.17, 15) is 0 Å². The Hall–Kier alpha value is -2.07. The quantitative estimate of drug-likeness (QED) is 0.873. The van der Waals surface area contributed by atoms with Gasteiger partial charge >= 0.3 is 0 Å². The van der Waals surface area contributed by atoms with Crippen LogP contribution in [0.4, 0.5) is 0 Å². The molecule has 0 spiro atoms. The number of hydrogen-bond donors (Lipinski definition) is 1. The minimum Gasteiger partial charge on any atom is -0.493 e. The largest absolute Gasteiger partial charge is 0.493 e. The first kappa shape index (κ1) is 14.3. The van der Waals surface area contributed by atoms with Crippen LogP contribution in [0, 0.1) is 0 Å². The van der Waals surface area contributed by atoms with Crippen molar-refractivity contribution in [2.24, 2.45) is 0 Å². The van der Waals surface area contributed by atoms with Crippen LogP contribution in [0.15, 0.2) is 42.6 Å². The van der Waals surface area contributed by atoms with Crippen molar-refractivity contribution in [2.75, 3.05) is 13.7 Å². The lowest BCUT2D eigenvalue weighted by atomic mass is 10.1. The number of ether oxygens (including phenoxy) is 2. The Morgan fingerprint density at radius 3 is 2.60 bits per heavy atom. The minimum atomic E-state index is 0.179. The van der Waals surface area contributed by atoms with E-state index in [4.69, 9.17) is 9.47 Å². The minimum absolute atomic E-state index is 0.179. The van der Waals surface area contributed by atoms with E-state index in [-0.39, 0.29) is 6.04 Å². The molecule has 106 valence electrons. The average Bonchev–Trinajstić information content (AvgIpc) is 2.48. The molecule has 1 N–H and O–H groups in total. The van der Waals surface area contributed by atoms with Crippen molar-refractivity contribution in [1.29, 1.82) is 0 Å². The second-order valence-corrected chi connectivity index (χ2v) is 4.43. The molecule has 0 saturated carbocycles. The van der Waals surface area contributed by atoms with E-state index in [0.29, 0.717) is 17.4 Å². The van der Waals surface area contributed by atoms with Gasteiger partial charge in [0, 0.05) is 17.8 Å². The van der Waals surface area contributed by atoms with Gasteiger partial charge in [-0.05, 0) is 31.7 Å². The molecule has 2 aromatic rings. The molecule has 20 heavy (non-hydrogen) atoms. The van der Waals surface area contributed by atoms with E-state index >= 15 is 0 Å². The van der Waals surface area contributed by atoms with Gasteiger partial charge in [-0.2, -0.15) is 0 Å². The Kier molecular flexibility index (Phi) is 4.96. The summed E-state index contributed by atoms with van der Waals surface area (Å²) < 4.78 is 11.2. The summed E-state index contributed by atoms with van der Waals surface area (Å²) in [5.41, 5.74) is 1.03. The smallest absolute Gasteiger partial charge is 0.224 e. The standard InChI is InChI=1S/C16H20N2O2/c1-4-17-12(2)13-8-7-11-18-16(13)20-15-10-6-5-9-14(15)19-3/h5-12,17H,4H2,1-3H3. The summed E-state index contributed by atoms with van der Waals surface area (Å²) in [6, 6.07) is 11.7. The lowest BCUT2D eigenvalue weighted by Crippen LogP contribution is -2.18. The number of hydrogen-bond acceptors (Lipinski definition) is 4. The molecule has 0 fully saturated rings. The number of pyridine rings is 1. The summed E-state index contributed by atoms with van der Waals surface area (Å²) >= 11 is 0. The first-order valence-electron chi connectivity index (χ1n) is 6.75. The average molecular weight is 272 g/mol. The molecular formula is C16H20N2O2. The SMILES string of the molecule is CCNC(C)c1cccnc1Oc1ccccc1OC. The van der Waals surface area contributed by atoms with Crippen LogP contribution in [-0.4, -0.2) is 18.6 Å². The van der Waals surface area contributed by atoms with Crippen molar-refractivity contribution < 1.29 is 9.47 Å². The molecule has 0 amide bonds. The number of rotatable bonds is 6. The van der Waals surface area contributed by atoms with E-state index in [1.807, 2.05) is 36.4 Å². The third kappa shape index (κ3) is 3.27. The van der Waals surface area contributed by atoms with Gasteiger partial charge in [0.05, 0.1) is 7.11 Å². The van der Waals surface area contributed by atoms with Crippen molar-refractivity contribution >= 4 is 0 Å². The molecule has 4 heteroatoms. The molecule has 2 rings (SSSR count). The third-order valence-corrected chi connectivity index (χ3v) is 3.05. The second-order valence-electron chi connectivity index (χ2n) is 4.43. The van der Waals surface area contributed by atoms with Crippen LogP contribution in [0.1, 0.15) is 25.5 Å². The summed E-state index contributed by atoms with van der Waals surface area (Å²) in [5.74, 6) is 1.96. The van der Waals surface area contributed by atoms with Crippen LogP contribution >= 0.6 is 0 Å². The lowest BCUT2D eigenvalue weighted by Gasteiger charge is -2.17. The fourth-order valence-electron chi connectivity index (χ4n) is 2.04. The van der Waals surface area contributed by atoms with Crippen molar-refractivity contribution in [2.45, 2.75) is 19.9 Å². The molecule has 0 aliphatic rings. The predicted octanol–water partition coefficient (Wildman–Crippen LogP) is 3.55. The van der Waals surface area contributed by atoms with Crippen LogP contribution in [0.3, 0.4) is 0 Å². The van der Waals surface area contributed by atoms with Crippen LogP contribution < -0.4 is 14.8 Å². The van der Waals surface area contributed by atoms with E-state index in [1.165, 1.54) is 0 Å². The van der Waals surface area contributed by atoms with Gasteiger partial charge in [-0.3, -0.25) is 0 Å². The summed E-state index contributed by atoms with van der Waals surface area (Å²) in [5, 5.41) is 3.37. The van der Waals surface area contributed by atoms with Crippen LogP contribution in [0.25, 0.3) is 0 Å². The Morgan fingerprint density at radius 1 is 1.15 bits per heavy atom. The summed E-state index contributed by atoms with van der Waals surface area (Å²) in [6.45, 7) is 5.06. The first-order chi connectivity index (χ1) is 9.76. The fourth-order valence-corrected chi connectivity index (χ4v) is 2.04. The zero-order valence-corrected chi connectivity index (χ0v) is 12.1. The monoisotopic (exact) mass is 272 g/mol. The van der Waals surface area contributed by atoms with Gasteiger partial charge in [0.2, 0.25) is 5.88 Å². The molecular weight excluding hydrogens is 252 g/mol. The van der Waals surface area contributed by atoms with Crippen molar-refractivity contribution in [3.8, 4) is 17.4 Å². The van der Waals surface area contributed by atoms with Gasteiger partial charge in [0.1, 0.15) is 0 Å². The molecule has 0 saturated heterocycles. The van der Waals surface area contributed by atoms with Gasteiger partial charge in [-0.15, -0.1) is 0 Å². The Bertz CT molecular complexity index is 558. The number of nitrogens with zero attached hydrogens (tertiary/aromatic N) is 1. The maximum absolute atomic E-state index is 5.92. The van der Waals surface area contributed by atoms with Crippen LogP contribution in [0.2, 0.25) is 0 Å². The van der Waals surface area contributed by atoms with Gasteiger partial charge < -0.3 is 14.8 Å². The molecule has 1 unspecified atom stereocenters. The molecule has 0 aliphatic heterocycles. The molecule has 0 radical (unpaired) electrons. The first-order valence-corrected chi connectivity index (χ1v) is 6.75. The van der Waals surface area contributed by atoms with Gasteiger partial charge in [-0.1, -0.05) is 25.1 Å². The molecule has 4 nitrogen and oxygen atoms in total. The number of nitrogens with one attached hydrogen (secondary N) is 1. The zero-order chi connectivity index (χ0) is 14.4. The maximum Gasteiger partial charge on any atom is 0.224 e. The summed E-state index contributed by atoms with van der Waals surface area (Å²) in [6.07, 6.45) is 1.73. The normalized spacial score (nSPS) is 11.9. The summed E-state index contributed by atoms with van der Waals surface area (Å²) in [7, 11) is 1.63. The van der Waals surface area contributed by atoms with E-state index in [0.717, 1.165) is 12.1 Å². The fraction of sp³-hybridized carbons (Fsp3) is 0.312. The topological polar surface area (TPSA) is 43.4 Å². The van der Waals surface area contributed by atoms with Crippen molar-refractivity contribution in [3.05, 3.63) is 48.2 Å². The van der Waals surface area contributed by atoms with Crippen LogP contribution in [0.5, 0.6) is 17.4 Å². The van der Waals surface area contributed by atoms with E-state index in [1.54, 1.807) is 13.3 Å². The lowest BCUT2D eigenvalue weighted by molar-refractivity contribution is 0.370. The number of aromatic nitrogens is 1. The number of para-hydroxylation sites is 2. The predicted molar refractivity (Wildman–Crippen MR) is 79.4 cm³/mol. The van der Waals surface area contributed by atoms with Gasteiger partial charge in [-0.25, -0.2) is 4.98 Å². The Morgan fingerprint density at radius 2 is 1.90 bits per heavy atom. The number of methoxy groups -OCH3 is 1. The van der Waals surface area contributed by atoms with E-state index < -0.39 is 0 Å². The molecule has 1 atom stereocenters. The molecule has 0 bridgehead atoms. The van der Waals surface area contributed by atoms with E-state index in [2.05, 4.69) is 24.1 Å². The summed E-state index contributed by atoms with van der Waals surface area (Å²) in [4.78, 5) is 4.33. The highest BCUT2D eigenvalue weighted by Gasteiger charge is 2.13. The highest BCUT2D eigenvalue weighted by Crippen LogP contribution is 2.33. The van der Waals surface area contributed by atoms with Crippen molar-refractivity contribution in [3.63, 3.8) is 0 Å². The molecule has 1 aromatic heterocycles. The number of benzene rings is 1. The molecule has 1 heterocycles. The molecule has 0 aliphatic carbocycles. The third-order valence-electron chi connectivity index (χ3n) is 3.05. The van der Waals surface area contributed by atoms with Gasteiger partial charge in [0.25, 0.3) is 0 Å². The molecule has 1 aromatic carbocycles. The Labute approximate surface area is 119 Å².